The molecule has 3 heterocycles. The third-order valence-corrected chi connectivity index (χ3v) is 15.8. The van der Waals surface area contributed by atoms with Crippen LogP contribution in [-0.4, -0.2) is 141 Å². The van der Waals surface area contributed by atoms with Gasteiger partial charge in [0, 0.05) is 41.9 Å². The van der Waals surface area contributed by atoms with Crippen LogP contribution in [0.3, 0.4) is 0 Å². The van der Waals surface area contributed by atoms with E-state index in [1.54, 1.807) is 11.8 Å². The average Bonchev–Trinajstić information content (AvgIpc) is 3.79. The molecule has 2 unspecified atom stereocenters. The largest absolute Gasteiger partial charge is 0.457 e. The number of hydrogen-bond acceptors (Lipinski definition) is 11. The maximum atomic E-state index is 14.9. The van der Waals surface area contributed by atoms with E-state index in [4.69, 9.17) is 18.9 Å². The second-order valence-corrected chi connectivity index (χ2v) is 22.5. The number of cyclic esters (lactones) is 1. The molecule has 2 fully saturated rings. The van der Waals surface area contributed by atoms with Gasteiger partial charge in [-0.05, 0) is 108 Å². The molecule has 3 aliphatic heterocycles. The first-order chi connectivity index (χ1) is 37.8. The Bertz CT molecular complexity index is 2820. The first-order valence-corrected chi connectivity index (χ1v) is 27.8. The molecule has 0 radical (unpaired) electrons. The van der Waals surface area contributed by atoms with E-state index in [0.717, 1.165) is 33.5 Å². The molecule has 7 atom stereocenters. The number of piperazine rings is 1. The lowest BCUT2D eigenvalue weighted by Crippen LogP contribution is -2.58. The number of amides is 4. The Labute approximate surface area is 463 Å². The number of aliphatic hydroxyl groups excluding tert-OH is 1. The zero-order valence-electron chi connectivity index (χ0n) is 46.6. The number of ether oxygens (including phenoxy) is 4. The van der Waals surface area contributed by atoms with Gasteiger partial charge in [-0.3, -0.25) is 19.3 Å². The van der Waals surface area contributed by atoms with Crippen molar-refractivity contribution in [2.75, 3.05) is 76.4 Å². The van der Waals surface area contributed by atoms with Gasteiger partial charge in [-0.1, -0.05) is 101 Å². The molecule has 8 rings (SSSR count). The van der Waals surface area contributed by atoms with Crippen LogP contribution in [0.2, 0.25) is 0 Å². The average molecular weight is 1090 g/mol. The maximum absolute atomic E-state index is 14.9. The topological polar surface area (TPSA) is 185 Å². The number of rotatable bonds is 14. The van der Waals surface area contributed by atoms with Gasteiger partial charge in [-0.15, -0.1) is 0 Å². The molecular formula is C62H78FN6O10+. The first-order valence-electron chi connectivity index (χ1n) is 27.8. The number of benzene rings is 4. The number of carbonyl (C=O) groups is 5. The van der Waals surface area contributed by atoms with Crippen LogP contribution in [0.4, 0.5) is 25.4 Å². The van der Waals surface area contributed by atoms with Crippen LogP contribution in [-0.2, 0) is 39.9 Å². The molecule has 422 valence electrons. The molecule has 4 aliphatic rings. The van der Waals surface area contributed by atoms with Crippen LogP contribution in [0.5, 0.6) is 0 Å². The van der Waals surface area contributed by atoms with Crippen LogP contribution < -0.4 is 20.9 Å². The molecule has 1 aliphatic carbocycles. The van der Waals surface area contributed by atoms with Crippen molar-refractivity contribution in [2.24, 2.45) is 17.8 Å². The summed E-state index contributed by atoms with van der Waals surface area (Å²) < 4.78 is 39.0. The highest BCUT2D eigenvalue weighted by Gasteiger charge is 2.35. The lowest BCUT2D eigenvalue weighted by atomic mass is 9.91. The number of esters is 1. The van der Waals surface area contributed by atoms with Crippen LogP contribution in [0.25, 0.3) is 17.2 Å². The van der Waals surface area contributed by atoms with Crippen LogP contribution >= 0.6 is 0 Å². The van der Waals surface area contributed by atoms with Crippen LogP contribution in [0.1, 0.15) is 89.0 Å². The SMILES string of the molecule is C/C(=C\c1cc(F)cc(N2CCOCC2)c1)[C@H]1OC(=O)C[C@H](O)CC[C@H](C)[C@@H](OC(=O)N2CC[N+](C)(Cc3ccc(NC(=O)C(C)NC(=O)C(NC(=O)OCC4c5ccccc5-c5ccccc54)C(C)C)cc3)CC2)/C=C/[C@@H]1C. The lowest BCUT2D eigenvalue weighted by Gasteiger charge is -2.42. The molecule has 17 heteroatoms. The fraction of sp³-hybridized carbons (Fsp3) is 0.468. The molecule has 2 saturated heterocycles. The van der Waals surface area contributed by atoms with Gasteiger partial charge in [0.05, 0.1) is 59.0 Å². The highest BCUT2D eigenvalue weighted by atomic mass is 19.1. The summed E-state index contributed by atoms with van der Waals surface area (Å²) in [6, 6.07) is 26.7. The van der Waals surface area contributed by atoms with Crippen molar-refractivity contribution >= 4 is 47.4 Å². The van der Waals surface area contributed by atoms with Gasteiger partial charge in [0.1, 0.15) is 43.3 Å². The van der Waals surface area contributed by atoms with Gasteiger partial charge in [0.2, 0.25) is 11.8 Å². The van der Waals surface area contributed by atoms with E-state index < -0.39 is 60.4 Å². The number of anilines is 2. The van der Waals surface area contributed by atoms with Gasteiger partial charge in [0.15, 0.2) is 0 Å². The van der Waals surface area contributed by atoms with Crippen LogP contribution in [0.15, 0.2) is 109 Å². The number of nitrogens with one attached hydrogen (secondary N) is 3. The van der Waals surface area contributed by atoms with Crippen molar-refractivity contribution in [3.05, 3.63) is 137 Å². The Morgan fingerprint density at radius 3 is 2.16 bits per heavy atom. The van der Waals surface area contributed by atoms with E-state index in [1.807, 2.05) is 120 Å². The number of halogens is 1. The summed E-state index contributed by atoms with van der Waals surface area (Å²) in [7, 11) is 2.15. The maximum Gasteiger partial charge on any atom is 0.410 e. The summed E-state index contributed by atoms with van der Waals surface area (Å²) in [5, 5.41) is 19.2. The zero-order valence-corrected chi connectivity index (χ0v) is 46.6. The Hall–Kier alpha value is -7.08. The molecule has 4 N–H and O–H groups in total. The van der Waals surface area contributed by atoms with Crippen molar-refractivity contribution < 1.29 is 56.9 Å². The molecule has 16 nitrogen and oxygen atoms in total. The fourth-order valence-electron chi connectivity index (χ4n) is 11.0. The third kappa shape index (κ3) is 15.2. The molecule has 0 aromatic heterocycles. The Morgan fingerprint density at radius 2 is 1.51 bits per heavy atom. The zero-order chi connectivity index (χ0) is 56.4. The van der Waals surface area contributed by atoms with Crippen molar-refractivity contribution in [2.45, 2.75) is 104 Å². The van der Waals surface area contributed by atoms with E-state index in [1.165, 1.54) is 12.1 Å². The Kier molecular flexibility index (Phi) is 19.3. The van der Waals surface area contributed by atoms with Gasteiger partial charge in [-0.2, -0.15) is 0 Å². The summed E-state index contributed by atoms with van der Waals surface area (Å²) in [5.41, 5.74) is 8.08. The minimum Gasteiger partial charge on any atom is -0.457 e. The van der Waals surface area contributed by atoms with Gasteiger partial charge < -0.3 is 49.4 Å². The van der Waals surface area contributed by atoms with Gasteiger partial charge >= 0.3 is 18.2 Å². The smallest absolute Gasteiger partial charge is 0.410 e. The number of hydrogen-bond donors (Lipinski definition) is 4. The number of fused-ring (bicyclic) bond motifs is 3. The van der Waals surface area contributed by atoms with Gasteiger partial charge in [0.25, 0.3) is 0 Å². The fourth-order valence-corrected chi connectivity index (χ4v) is 11.0. The number of aliphatic hydroxyl groups is 1. The standard InChI is InChI=1S/C62H77FN6O10/c1-39(2)57(66-61(74)77-38-54-52-14-10-8-12-50(52)51-13-9-11-15-53(51)54)60(73)64-43(6)59(72)65-47-20-18-44(19-21-47)37-69(7)28-24-68(25-29-69)62(75)78-55-23-17-41(4)58(79-56(71)36-49(70)22-16-40(55)3)42(5)32-45-33-46(63)35-48(34-45)67-26-30-76-31-27-67/h8-15,17-21,23,32-35,39-41,43,49,54-55,57-58,70H,16,22,24-31,36-38H2,1-7H3,(H2-,64,65,66,72,73,74)/p+1/b23-17+,42-32+/t40-,41-,43?,49+,55-,57?,58-/m0/s1. The highest BCUT2D eigenvalue weighted by molar-refractivity contribution is 5.98. The van der Waals surface area contributed by atoms with E-state index in [0.29, 0.717) is 93.2 Å². The summed E-state index contributed by atoms with van der Waals surface area (Å²) in [5.74, 6) is -2.77. The minimum atomic E-state index is -0.942. The molecule has 0 spiro atoms. The predicted molar refractivity (Wildman–Crippen MR) is 301 cm³/mol. The first kappa shape index (κ1) is 58.1. The molecule has 4 aromatic rings. The van der Waals surface area contributed by atoms with E-state index >= 15 is 0 Å². The number of quaternary nitrogens is 1. The monoisotopic (exact) mass is 1090 g/mol. The Balaban J connectivity index is 0.808. The van der Waals surface area contributed by atoms with Crippen LogP contribution in [0, 0.1) is 23.6 Å². The highest BCUT2D eigenvalue weighted by Crippen LogP contribution is 2.44. The molecule has 79 heavy (non-hydrogen) atoms. The predicted octanol–water partition coefficient (Wildman–Crippen LogP) is 8.82. The van der Waals surface area contributed by atoms with Crippen molar-refractivity contribution in [3.63, 3.8) is 0 Å². The summed E-state index contributed by atoms with van der Waals surface area (Å²) in [4.78, 5) is 70.8. The number of alkyl carbamates (subject to hydrolysis) is 1. The lowest BCUT2D eigenvalue weighted by molar-refractivity contribution is -0.926. The van der Waals surface area contributed by atoms with E-state index in [-0.39, 0.29) is 42.5 Å². The normalized spacial score (nSPS) is 22.9. The minimum absolute atomic E-state index is 0.106. The van der Waals surface area contributed by atoms with Gasteiger partial charge in [-0.25, -0.2) is 14.0 Å². The van der Waals surface area contributed by atoms with E-state index in [2.05, 4.69) is 40.0 Å². The number of carbonyl (C=O) groups excluding carboxylic acids is 5. The number of likely N-dealkylation sites (N-methyl/N-ethyl adjacent to an activating group) is 1. The second kappa shape index (κ2) is 26.3. The molecule has 0 saturated carbocycles. The molecule has 0 bridgehead atoms. The second-order valence-electron chi connectivity index (χ2n) is 22.5. The molecule has 4 amide bonds. The molecule has 4 aromatic carbocycles. The summed E-state index contributed by atoms with van der Waals surface area (Å²) in [6.07, 6.45) is 2.81. The number of morpholine rings is 1. The summed E-state index contributed by atoms with van der Waals surface area (Å²) in [6.45, 7) is 16.5. The quantitative estimate of drug-likeness (QED) is 0.0410. The number of nitrogens with zero attached hydrogens (tertiary/aromatic N) is 3. The Morgan fingerprint density at radius 1 is 0.848 bits per heavy atom. The molecular weight excluding hydrogens is 1010 g/mol. The summed E-state index contributed by atoms with van der Waals surface area (Å²) >= 11 is 0. The van der Waals surface area contributed by atoms with Crippen molar-refractivity contribution in [1.82, 2.24) is 15.5 Å². The van der Waals surface area contributed by atoms with E-state index in [9.17, 15) is 33.5 Å². The van der Waals surface area contributed by atoms with Crippen molar-refractivity contribution in [1.29, 1.82) is 0 Å². The van der Waals surface area contributed by atoms with Crippen molar-refractivity contribution in [3.8, 4) is 11.1 Å². The third-order valence-electron chi connectivity index (χ3n) is 15.8.